The zero-order valence-electron chi connectivity index (χ0n) is 14.3. The first-order valence-electron chi connectivity index (χ1n) is 8.83. The lowest BCUT2D eigenvalue weighted by Gasteiger charge is -2.58. The summed E-state index contributed by atoms with van der Waals surface area (Å²) < 4.78 is 0. The number of hydrogen-bond acceptors (Lipinski definition) is 1. The zero-order valence-corrected chi connectivity index (χ0v) is 14.3. The van der Waals surface area contributed by atoms with Gasteiger partial charge in [0, 0.05) is 0 Å². The minimum Gasteiger partial charge on any atom is -0.481 e. The highest BCUT2D eigenvalue weighted by Gasteiger charge is 2.57. The molecule has 2 fully saturated rings. The second kappa shape index (κ2) is 4.97. The Bertz CT molecular complexity index is 534. The normalized spacial score (nSPS) is 47.9. The molecule has 22 heavy (non-hydrogen) atoms. The van der Waals surface area contributed by atoms with Gasteiger partial charge in [0.25, 0.3) is 0 Å². The van der Waals surface area contributed by atoms with E-state index in [4.69, 9.17) is 0 Å². The molecule has 0 aromatic rings. The average molecular weight is 302 g/mol. The molecule has 2 nitrogen and oxygen atoms in total. The molecule has 3 rings (SSSR count). The maximum atomic E-state index is 11.9. The quantitative estimate of drug-likeness (QED) is 0.711. The molecule has 2 saturated carbocycles. The highest BCUT2D eigenvalue weighted by molar-refractivity contribution is 5.75. The minimum atomic E-state index is -0.589. The van der Waals surface area contributed by atoms with E-state index < -0.39 is 11.4 Å². The fraction of sp³-hybridized carbons (Fsp3) is 0.750. The van der Waals surface area contributed by atoms with Gasteiger partial charge in [-0.2, -0.15) is 0 Å². The van der Waals surface area contributed by atoms with Crippen LogP contribution in [0, 0.1) is 28.1 Å². The molecule has 0 aromatic carbocycles. The molecule has 2 heteroatoms. The molecule has 3 aliphatic carbocycles. The van der Waals surface area contributed by atoms with Crippen molar-refractivity contribution in [2.75, 3.05) is 0 Å². The molecule has 0 spiro atoms. The van der Waals surface area contributed by atoms with Crippen molar-refractivity contribution in [2.45, 2.75) is 65.7 Å². The molecule has 0 bridgehead atoms. The zero-order chi connectivity index (χ0) is 16.2. The van der Waals surface area contributed by atoms with Gasteiger partial charge in [-0.25, -0.2) is 0 Å². The largest absolute Gasteiger partial charge is 0.481 e. The van der Waals surface area contributed by atoms with Crippen LogP contribution < -0.4 is 0 Å². The highest BCUT2D eigenvalue weighted by Crippen LogP contribution is 2.63. The molecule has 122 valence electrons. The van der Waals surface area contributed by atoms with E-state index >= 15 is 0 Å². The van der Waals surface area contributed by atoms with E-state index in [1.165, 1.54) is 6.42 Å². The number of rotatable bonds is 2. The molecule has 0 aliphatic heterocycles. The van der Waals surface area contributed by atoms with Crippen LogP contribution in [0.15, 0.2) is 24.3 Å². The van der Waals surface area contributed by atoms with Gasteiger partial charge in [0.15, 0.2) is 0 Å². The molecular weight excluding hydrogens is 272 g/mol. The predicted octanol–water partition coefficient (Wildman–Crippen LogP) is 5.21. The molecule has 0 amide bonds. The van der Waals surface area contributed by atoms with Crippen molar-refractivity contribution in [3.05, 3.63) is 24.3 Å². The van der Waals surface area contributed by atoms with Crippen LogP contribution in [0.4, 0.5) is 0 Å². The van der Waals surface area contributed by atoms with Crippen LogP contribution in [0.3, 0.4) is 0 Å². The van der Waals surface area contributed by atoms with Gasteiger partial charge in [-0.15, -0.1) is 6.58 Å². The SMILES string of the molecule is C=C[C@@]1(C)CC=C2C(CCC3C(C)(C(=O)O)CCCC23C)C1. The first kappa shape index (κ1) is 15.8. The third kappa shape index (κ3) is 2.10. The average Bonchev–Trinajstić information content (AvgIpc) is 2.46. The van der Waals surface area contributed by atoms with Gasteiger partial charge in [-0.3, -0.25) is 4.79 Å². The Morgan fingerprint density at radius 2 is 2.05 bits per heavy atom. The summed E-state index contributed by atoms with van der Waals surface area (Å²) in [6.07, 6.45) is 12.1. The van der Waals surface area contributed by atoms with Crippen LogP contribution in [-0.2, 0) is 4.79 Å². The van der Waals surface area contributed by atoms with Crippen molar-refractivity contribution >= 4 is 5.97 Å². The Morgan fingerprint density at radius 1 is 1.32 bits per heavy atom. The molecule has 4 unspecified atom stereocenters. The van der Waals surface area contributed by atoms with Crippen molar-refractivity contribution in [3.8, 4) is 0 Å². The van der Waals surface area contributed by atoms with Gasteiger partial charge in [-0.1, -0.05) is 38.0 Å². The van der Waals surface area contributed by atoms with Crippen LogP contribution in [0.2, 0.25) is 0 Å². The Labute approximate surface area is 134 Å². The van der Waals surface area contributed by atoms with E-state index in [1.54, 1.807) is 5.57 Å². The lowest BCUT2D eigenvalue weighted by atomic mass is 9.46. The monoisotopic (exact) mass is 302 g/mol. The summed E-state index contributed by atoms with van der Waals surface area (Å²) in [6, 6.07) is 0. The van der Waals surface area contributed by atoms with E-state index in [0.717, 1.165) is 38.5 Å². The van der Waals surface area contributed by atoms with E-state index in [-0.39, 0.29) is 10.8 Å². The summed E-state index contributed by atoms with van der Waals surface area (Å²) in [5.41, 5.74) is 1.35. The number of carboxylic acid groups (broad SMARTS) is 1. The van der Waals surface area contributed by atoms with Crippen LogP contribution in [-0.4, -0.2) is 11.1 Å². The molecule has 0 aromatic heterocycles. The Morgan fingerprint density at radius 3 is 2.68 bits per heavy atom. The molecule has 0 radical (unpaired) electrons. The van der Waals surface area contributed by atoms with Crippen molar-refractivity contribution in [1.82, 2.24) is 0 Å². The van der Waals surface area contributed by atoms with Gasteiger partial charge in [-0.05, 0) is 68.1 Å². The van der Waals surface area contributed by atoms with Crippen molar-refractivity contribution < 1.29 is 9.90 Å². The van der Waals surface area contributed by atoms with Crippen molar-refractivity contribution in [2.24, 2.45) is 28.1 Å². The maximum Gasteiger partial charge on any atom is 0.309 e. The van der Waals surface area contributed by atoms with Crippen LogP contribution in [0.1, 0.15) is 65.7 Å². The smallest absolute Gasteiger partial charge is 0.309 e. The first-order chi connectivity index (χ1) is 10.3. The number of hydrogen-bond donors (Lipinski definition) is 1. The standard InChI is InChI=1S/C20H30O2/c1-5-18(2)12-9-15-14(13-18)7-8-16-19(15,3)10-6-11-20(16,4)17(21)22/h5,9,14,16H,1,6-8,10-13H2,2-4H3,(H,21,22)/t14?,16?,18-,19?,20?/m0/s1. The molecule has 0 saturated heterocycles. The Hall–Kier alpha value is -1.05. The van der Waals surface area contributed by atoms with Crippen molar-refractivity contribution in [3.63, 3.8) is 0 Å². The fourth-order valence-corrected chi connectivity index (χ4v) is 5.87. The summed E-state index contributed by atoms with van der Waals surface area (Å²) in [5.74, 6) is 0.338. The lowest BCUT2D eigenvalue weighted by molar-refractivity contribution is -0.160. The summed E-state index contributed by atoms with van der Waals surface area (Å²) in [5, 5.41) is 9.84. The van der Waals surface area contributed by atoms with Gasteiger partial charge < -0.3 is 5.11 Å². The topological polar surface area (TPSA) is 37.3 Å². The number of carbonyl (C=O) groups is 1. The van der Waals surface area contributed by atoms with Gasteiger partial charge >= 0.3 is 5.97 Å². The second-order valence-electron chi connectivity index (χ2n) is 8.75. The maximum absolute atomic E-state index is 11.9. The lowest BCUT2D eigenvalue weighted by Crippen LogP contribution is -2.52. The molecular formula is C20H30O2. The molecule has 0 heterocycles. The third-order valence-corrected chi connectivity index (χ3v) is 7.32. The van der Waals surface area contributed by atoms with Crippen molar-refractivity contribution in [1.29, 1.82) is 0 Å². The van der Waals surface area contributed by atoms with E-state index in [9.17, 15) is 9.90 Å². The number of aliphatic carboxylic acids is 1. The predicted molar refractivity (Wildman–Crippen MR) is 89.5 cm³/mol. The highest BCUT2D eigenvalue weighted by atomic mass is 16.4. The molecule has 1 N–H and O–H groups in total. The number of fused-ring (bicyclic) bond motifs is 3. The number of allylic oxidation sites excluding steroid dienone is 3. The first-order valence-corrected chi connectivity index (χ1v) is 8.83. The Balaban J connectivity index is 1.99. The summed E-state index contributed by atoms with van der Waals surface area (Å²) in [6.45, 7) is 10.7. The van der Waals surface area contributed by atoms with Gasteiger partial charge in [0.2, 0.25) is 0 Å². The van der Waals surface area contributed by atoms with Gasteiger partial charge in [0.1, 0.15) is 0 Å². The van der Waals surface area contributed by atoms with E-state index in [1.807, 2.05) is 6.92 Å². The molecule has 3 aliphatic rings. The van der Waals surface area contributed by atoms with Crippen LogP contribution >= 0.6 is 0 Å². The van der Waals surface area contributed by atoms with E-state index in [0.29, 0.717) is 11.8 Å². The number of carboxylic acids is 1. The Kier molecular flexibility index (Phi) is 3.58. The van der Waals surface area contributed by atoms with Crippen LogP contribution in [0.5, 0.6) is 0 Å². The third-order valence-electron chi connectivity index (χ3n) is 7.32. The summed E-state index contributed by atoms with van der Waals surface area (Å²) in [4.78, 5) is 11.9. The van der Waals surface area contributed by atoms with Gasteiger partial charge in [0.05, 0.1) is 5.41 Å². The minimum absolute atomic E-state index is 0.0941. The summed E-state index contributed by atoms with van der Waals surface area (Å²) in [7, 11) is 0. The van der Waals surface area contributed by atoms with E-state index in [2.05, 4.69) is 32.6 Å². The second-order valence-corrected chi connectivity index (χ2v) is 8.75. The summed E-state index contributed by atoms with van der Waals surface area (Å²) >= 11 is 0. The molecule has 5 atom stereocenters. The van der Waals surface area contributed by atoms with Crippen LogP contribution in [0.25, 0.3) is 0 Å². The fourth-order valence-electron chi connectivity index (χ4n) is 5.87.